The van der Waals surface area contributed by atoms with Gasteiger partial charge in [0.2, 0.25) is 0 Å². The molecule has 0 spiro atoms. The Morgan fingerprint density at radius 1 is 1.28 bits per heavy atom. The van der Waals surface area contributed by atoms with Gasteiger partial charge in [-0.15, -0.1) is 0 Å². The highest BCUT2D eigenvalue weighted by Gasteiger charge is 2.10. The molecule has 0 aliphatic carbocycles. The largest absolute Gasteiger partial charge is 0.478 e. The molecule has 1 rings (SSSR count). The zero-order chi connectivity index (χ0) is 13.5. The highest BCUT2D eigenvalue weighted by atomic mass is 16.5. The van der Waals surface area contributed by atoms with E-state index < -0.39 is 5.97 Å². The van der Waals surface area contributed by atoms with E-state index in [4.69, 9.17) is 9.84 Å². The van der Waals surface area contributed by atoms with E-state index in [1.165, 1.54) is 0 Å². The summed E-state index contributed by atoms with van der Waals surface area (Å²) in [7, 11) is 0. The number of carboxylic acid groups (broad SMARTS) is 1. The molecule has 98 valence electrons. The molecule has 0 amide bonds. The van der Waals surface area contributed by atoms with Gasteiger partial charge >= 0.3 is 11.9 Å². The van der Waals surface area contributed by atoms with Crippen molar-refractivity contribution in [1.29, 1.82) is 0 Å². The molecule has 0 saturated heterocycles. The van der Waals surface area contributed by atoms with Crippen molar-refractivity contribution >= 4 is 11.9 Å². The molecule has 0 unspecified atom stereocenters. The number of carboxylic acids is 1. The Labute approximate surface area is 107 Å². The number of hydrogen-bond acceptors (Lipinski definition) is 3. The summed E-state index contributed by atoms with van der Waals surface area (Å²) in [6, 6.07) is 6.59. The standard InChI is InChI=1S/C14H18O4/c1-3-4-13(15)18-10(2)9-11-5-7-12(8-6-11)14(16)17/h5-8,10H,3-4,9H2,1-2H3,(H,16,17)/t10-/m0/s1. The normalized spacial score (nSPS) is 11.9. The number of benzene rings is 1. The fraction of sp³-hybridized carbons (Fsp3) is 0.429. The Morgan fingerprint density at radius 2 is 1.89 bits per heavy atom. The first-order valence-corrected chi connectivity index (χ1v) is 6.04. The number of carbonyl (C=O) groups excluding carboxylic acids is 1. The molecule has 0 aliphatic heterocycles. The lowest BCUT2D eigenvalue weighted by Gasteiger charge is -2.13. The van der Waals surface area contributed by atoms with Gasteiger partial charge in [0.05, 0.1) is 5.56 Å². The number of aromatic carboxylic acids is 1. The van der Waals surface area contributed by atoms with Crippen molar-refractivity contribution in [1.82, 2.24) is 0 Å². The summed E-state index contributed by atoms with van der Waals surface area (Å²) in [6.07, 6.45) is 1.61. The first-order valence-electron chi connectivity index (χ1n) is 6.04. The fourth-order valence-electron chi connectivity index (χ4n) is 1.64. The van der Waals surface area contributed by atoms with Gasteiger partial charge in [-0.25, -0.2) is 4.79 Å². The Balaban J connectivity index is 2.51. The number of esters is 1. The van der Waals surface area contributed by atoms with E-state index in [1.54, 1.807) is 24.3 Å². The van der Waals surface area contributed by atoms with Crippen molar-refractivity contribution in [2.24, 2.45) is 0 Å². The van der Waals surface area contributed by atoms with Crippen molar-refractivity contribution in [3.8, 4) is 0 Å². The first-order chi connectivity index (χ1) is 8.52. The monoisotopic (exact) mass is 250 g/mol. The summed E-state index contributed by atoms with van der Waals surface area (Å²) in [6.45, 7) is 3.76. The molecule has 1 aromatic rings. The van der Waals surface area contributed by atoms with Crippen LogP contribution in [-0.2, 0) is 16.0 Å². The number of ether oxygens (including phenoxy) is 1. The van der Waals surface area contributed by atoms with Crippen molar-refractivity contribution in [2.75, 3.05) is 0 Å². The molecule has 1 aromatic carbocycles. The molecule has 0 bridgehead atoms. The molecule has 0 saturated carbocycles. The Kier molecular flexibility index (Phi) is 5.36. The fourth-order valence-corrected chi connectivity index (χ4v) is 1.64. The van der Waals surface area contributed by atoms with Gasteiger partial charge in [-0.2, -0.15) is 0 Å². The summed E-state index contributed by atoms with van der Waals surface area (Å²) in [4.78, 5) is 22.0. The van der Waals surface area contributed by atoms with Crippen LogP contribution in [0.25, 0.3) is 0 Å². The van der Waals surface area contributed by atoms with E-state index in [0.29, 0.717) is 12.8 Å². The molecule has 0 radical (unpaired) electrons. The first kappa shape index (κ1) is 14.2. The molecule has 18 heavy (non-hydrogen) atoms. The summed E-state index contributed by atoms with van der Waals surface area (Å²) in [5.74, 6) is -1.13. The van der Waals surface area contributed by atoms with E-state index in [1.807, 2.05) is 13.8 Å². The van der Waals surface area contributed by atoms with Gasteiger partial charge in [0, 0.05) is 12.8 Å². The third kappa shape index (κ3) is 4.57. The van der Waals surface area contributed by atoms with Crippen LogP contribution in [-0.4, -0.2) is 23.1 Å². The van der Waals surface area contributed by atoms with Crippen LogP contribution in [0.15, 0.2) is 24.3 Å². The van der Waals surface area contributed by atoms with Crippen LogP contribution in [0, 0.1) is 0 Å². The van der Waals surface area contributed by atoms with Gasteiger partial charge in [0.25, 0.3) is 0 Å². The molecule has 4 heteroatoms. The topological polar surface area (TPSA) is 63.6 Å². The number of hydrogen-bond donors (Lipinski definition) is 1. The highest BCUT2D eigenvalue weighted by molar-refractivity contribution is 5.87. The SMILES string of the molecule is CCCC(=O)O[C@@H](C)Cc1ccc(C(=O)O)cc1. The molecule has 4 nitrogen and oxygen atoms in total. The highest BCUT2D eigenvalue weighted by Crippen LogP contribution is 2.09. The van der Waals surface area contributed by atoms with E-state index >= 15 is 0 Å². The third-order valence-corrected chi connectivity index (χ3v) is 2.51. The number of carbonyl (C=O) groups is 2. The maximum Gasteiger partial charge on any atom is 0.335 e. The molecule has 0 heterocycles. The van der Waals surface area contributed by atoms with E-state index in [0.717, 1.165) is 12.0 Å². The Morgan fingerprint density at radius 3 is 2.39 bits per heavy atom. The van der Waals surface area contributed by atoms with Gasteiger partial charge in [-0.05, 0) is 31.0 Å². The second-order valence-electron chi connectivity index (χ2n) is 4.26. The van der Waals surface area contributed by atoms with Crippen molar-refractivity contribution in [3.63, 3.8) is 0 Å². The lowest BCUT2D eigenvalue weighted by Crippen LogP contribution is -2.17. The van der Waals surface area contributed by atoms with Crippen LogP contribution >= 0.6 is 0 Å². The molecule has 0 fully saturated rings. The summed E-state index contributed by atoms with van der Waals surface area (Å²) in [5.41, 5.74) is 1.21. The van der Waals surface area contributed by atoms with Crippen LogP contribution < -0.4 is 0 Å². The second-order valence-corrected chi connectivity index (χ2v) is 4.26. The molecule has 1 atom stereocenters. The minimum atomic E-state index is -0.941. The van der Waals surface area contributed by atoms with E-state index in [2.05, 4.69) is 0 Å². The van der Waals surface area contributed by atoms with Crippen LogP contribution in [0.2, 0.25) is 0 Å². The van der Waals surface area contributed by atoms with Crippen molar-refractivity contribution < 1.29 is 19.4 Å². The Bertz CT molecular complexity index is 408. The summed E-state index contributed by atoms with van der Waals surface area (Å²) < 4.78 is 5.22. The van der Waals surface area contributed by atoms with Crippen LogP contribution in [0.5, 0.6) is 0 Å². The zero-order valence-corrected chi connectivity index (χ0v) is 10.7. The maximum absolute atomic E-state index is 11.3. The van der Waals surface area contributed by atoms with Gasteiger partial charge in [-0.3, -0.25) is 4.79 Å². The second kappa shape index (κ2) is 6.79. The third-order valence-electron chi connectivity index (χ3n) is 2.51. The van der Waals surface area contributed by atoms with Crippen molar-refractivity contribution in [2.45, 2.75) is 39.2 Å². The van der Waals surface area contributed by atoms with Gasteiger partial charge in [0.15, 0.2) is 0 Å². The van der Waals surface area contributed by atoms with Crippen LogP contribution in [0.1, 0.15) is 42.6 Å². The van der Waals surface area contributed by atoms with Crippen molar-refractivity contribution in [3.05, 3.63) is 35.4 Å². The smallest absolute Gasteiger partial charge is 0.335 e. The lowest BCUT2D eigenvalue weighted by atomic mass is 10.1. The van der Waals surface area contributed by atoms with Gasteiger partial charge < -0.3 is 9.84 Å². The minimum Gasteiger partial charge on any atom is -0.478 e. The molecule has 0 aromatic heterocycles. The maximum atomic E-state index is 11.3. The predicted molar refractivity (Wildman–Crippen MR) is 67.6 cm³/mol. The van der Waals surface area contributed by atoms with Gasteiger partial charge in [0.1, 0.15) is 6.10 Å². The summed E-state index contributed by atoms with van der Waals surface area (Å²) >= 11 is 0. The lowest BCUT2D eigenvalue weighted by molar-refractivity contribution is -0.148. The molecule has 1 N–H and O–H groups in total. The van der Waals surface area contributed by atoms with E-state index in [-0.39, 0.29) is 17.6 Å². The predicted octanol–water partition coefficient (Wildman–Crippen LogP) is 2.66. The van der Waals surface area contributed by atoms with Gasteiger partial charge in [-0.1, -0.05) is 19.1 Å². The molecule has 0 aliphatic rings. The number of rotatable bonds is 6. The average molecular weight is 250 g/mol. The minimum absolute atomic E-state index is 0.188. The van der Waals surface area contributed by atoms with Crippen LogP contribution in [0.3, 0.4) is 0 Å². The zero-order valence-electron chi connectivity index (χ0n) is 10.7. The average Bonchev–Trinajstić information content (AvgIpc) is 2.29. The van der Waals surface area contributed by atoms with E-state index in [9.17, 15) is 9.59 Å². The molecular formula is C14H18O4. The molecular weight excluding hydrogens is 232 g/mol. The summed E-state index contributed by atoms with van der Waals surface area (Å²) in [5, 5.41) is 8.77. The van der Waals surface area contributed by atoms with Crippen LogP contribution in [0.4, 0.5) is 0 Å². The quantitative estimate of drug-likeness (QED) is 0.788. The Hall–Kier alpha value is -1.84.